The molecular formula is C14H16BrClN2O3. The highest BCUT2D eigenvalue weighted by Gasteiger charge is 2.45. The highest BCUT2D eigenvalue weighted by Crippen LogP contribution is 2.38. The van der Waals surface area contributed by atoms with Crippen LogP contribution in [0.5, 0.6) is 0 Å². The Bertz CT molecular complexity index is 581. The molecule has 1 aliphatic carbocycles. The summed E-state index contributed by atoms with van der Waals surface area (Å²) in [7, 11) is 0. The lowest BCUT2D eigenvalue weighted by Crippen LogP contribution is -2.48. The van der Waals surface area contributed by atoms with Crippen molar-refractivity contribution in [1.29, 1.82) is 0 Å². The first-order chi connectivity index (χ1) is 9.83. The molecule has 2 rings (SSSR count). The Morgan fingerprint density at radius 3 is 2.81 bits per heavy atom. The summed E-state index contributed by atoms with van der Waals surface area (Å²) in [6.07, 6.45) is 2.00. The molecule has 0 aliphatic heterocycles. The van der Waals surface area contributed by atoms with Gasteiger partial charge in [0.15, 0.2) is 0 Å². The topological polar surface area (TPSA) is 78.4 Å². The number of carboxylic acid groups (broad SMARTS) is 1. The molecule has 1 fully saturated rings. The SMILES string of the molecule is CC1(C(=O)O)CCCC1NC(=O)Nc1ccc(Br)cc1Cl. The minimum absolute atomic E-state index is 0.385. The number of hydrogen-bond acceptors (Lipinski definition) is 2. The molecule has 21 heavy (non-hydrogen) atoms. The van der Waals surface area contributed by atoms with Crippen molar-refractivity contribution in [1.82, 2.24) is 5.32 Å². The van der Waals surface area contributed by atoms with Crippen molar-refractivity contribution in [3.8, 4) is 0 Å². The third-order valence-corrected chi connectivity index (χ3v) is 4.74. The largest absolute Gasteiger partial charge is 0.481 e. The fraction of sp³-hybridized carbons (Fsp3) is 0.429. The Kier molecular flexibility index (Phi) is 4.78. The number of benzene rings is 1. The summed E-state index contributed by atoms with van der Waals surface area (Å²) in [6, 6.07) is 4.28. The van der Waals surface area contributed by atoms with Gasteiger partial charge in [-0.25, -0.2) is 4.79 Å². The second kappa shape index (κ2) is 6.23. The summed E-state index contributed by atoms with van der Waals surface area (Å²) in [5.74, 6) is -0.882. The molecule has 0 saturated heterocycles. The summed E-state index contributed by atoms with van der Waals surface area (Å²) in [4.78, 5) is 23.4. The van der Waals surface area contributed by atoms with Crippen molar-refractivity contribution >= 4 is 45.2 Å². The number of amides is 2. The van der Waals surface area contributed by atoms with E-state index in [0.717, 1.165) is 10.9 Å². The van der Waals surface area contributed by atoms with E-state index < -0.39 is 17.4 Å². The Morgan fingerprint density at radius 2 is 2.19 bits per heavy atom. The first kappa shape index (κ1) is 16.1. The van der Waals surface area contributed by atoms with E-state index >= 15 is 0 Å². The number of rotatable bonds is 3. The molecule has 0 radical (unpaired) electrons. The Hall–Kier alpha value is -1.27. The zero-order chi connectivity index (χ0) is 15.6. The highest BCUT2D eigenvalue weighted by molar-refractivity contribution is 9.10. The van der Waals surface area contributed by atoms with Crippen LogP contribution in [-0.2, 0) is 4.79 Å². The summed E-state index contributed by atoms with van der Waals surface area (Å²) in [6.45, 7) is 1.67. The Balaban J connectivity index is 2.03. The van der Waals surface area contributed by atoms with Crippen LogP contribution in [0.15, 0.2) is 22.7 Å². The zero-order valence-corrected chi connectivity index (χ0v) is 13.8. The summed E-state index contributed by atoms with van der Waals surface area (Å²) < 4.78 is 0.813. The normalized spacial score (nSPS) is 24.6. The third-order valence-electron chi connectivity index (χ3n) is 3.93. The summed E-state index contributed by atoms with van der Waals surface area (Å²) in [5, 5.41) is 15.1. The standard InChI is InChI=1S/C14H16BrClN2O3/c1-14(12(19)20)6-2-3-11(14)18-13(21)17-10-5-4-8(15)7-9(10)16/h4-5,7,11H,2-3,6H2,1H3,(H,19,20)(H2,17,18,21). The number of urea groups is 1. The third kappa shape index (κ3) is 3.49. The number of aliphatic carboxylic acids is 1. The molecule has 3 N–H and O–H groups in total. The van der Waals surface area contributed by atoms with Crippen LogP contribution in [0.25, 0.3) is 0 Å². The molecule has 0 spiro atoms. The van der Waals surface area contributed by atoms with Gasteiger partial charge in [0.1, 0.15) is 0 Å². The Morgan fingerprint density at radius 1 is 1.48 bits per heavy atom. The van der Waals surface area contributed by atoms with Gasteiger partial charge in [-0.1, -0.05) is 34.0 Å². The van der Waals surface area contributed by atoms with Crippen LogP contribution >= 0.6 is 27.5 Å². The van der Waals surface area contributed by atoms with E-state index in [4.69, 9.17) is 11.6 Å². The first-order valence-corrected chi connectivity index (χ1v) is 7.76. The van der Waals surface area contributed by atoms with E-state index in [9.17, 15) is 14.7 Å². The molecule has 7 heteroatoms. The molecular weight excluding hydrogens is 360 g/mol. The van der Waals surface area contributed by atoms with Gasteiger partial charge in [0, 0.05) is 10.5 Å². The van der Waals surface area contributed by atoms with Crippen molar-refractivity contribution < 1.29 is 14.7 Å². The number of anilines is 1. The minimum atomic E-state index is -0.916. The van der Waals surface area contributed by atoms with Crippen molar-refractivity contribution in [2.24, 2.45) is 5.41 Å². The van der Waals surface area contributed by atoms with Crippen LogP contribution in [0, 0.1) is 5.41 Å². The van der Waals surface area contributed by atoms with Crippen LogP contribution < -0.4 is 10.6 Å². The molecule has 0 heterocycles. The lowest BCUT2D eigenvalue weighted by Gasteiger charge is -2.27. The van der Waals surface area contributed by atoms with Crippen molar-refractivity contribution in [3.63, 3.8) is 0 Å². The van der Waals surface area contributed by atoms with Crippen molar-refractivity contribution in [3.05, 3.63) is 27.7 Å². The molecule has 0 bridgehead atoms. The predicted octanol–water partition coefficient (Wildman–Crippen LogP) is 3.87. The van der Waals surface area contributed by atoms with Crippen LogP contribution in [0.3, 0.4) is 0 Å². The van der Waals surface area contributed by atoms with Crippen LogP contribution in [0.1, 0.15) is 26.2 Å². The van der Waals surface area contributed by atoms with Crippen molar-refractivity contribution in [2.75, 3.05) is 5.32 Å². The minimum Gasteiger partial charge on any atom is -0.481 e. The van der Waals surface area contributed by atoms with Gasteiger partial charge >= 0.3 is 12.0 Å². The fourth-order valence-corrected chi connectivity index (χ4v) is 3.28. The van der Waals surface area contributed by atoms with E-state index in [-0.39, 0.29) is 6.04 Å². The predicted molar refractivity (Wildman–Crippen MR) is 84.7 cm³/mol. The average Bonchev–Trinajstić information content (AvgIpc) is 2.76. The van der Waals surface area contributed by atoms with Gasteiger partial charge in [-0.3, -0.25) is 4.79 Å². The number of hydrogen-bond donors (Lipinski definition) is 3. The van der Waals surface area contributed by atoms with E-state index in [1.807, 2.05) is 0 Å². The molecule has 1 aromatic rings. The van der Waals surface area contributed by atoms with Gasteiger partial charge in [-0.2, -0.15) is 0 Å². The molecule has 2 unspecified atom stereocenters. The molecule has 1 aromatic carbocycles. The summed E-state index contributed by atoms with van der Waals surface area (Å²) in [5.41, 5.74) is -0.437. The fourth-order valence-electron chi connectivity index (χ4n) is 2.56. The molecule has 2 amide bonds. The second-order valence-corrected chi connectivity index (χ2v) is 6.71. The van der Waals surface area contributed by atoms with Gasteiger partial charge in [0.25, 0.3) is 0 Å². The number of nitrogens with one attached hydrogen (secondary N) is 2. The number of carbonyl (C=O) groups excluding carboxylic acids is 1. The van der Waals surface area contributed by atoms with E-state index in [1.54, 1.807) is 25.1 Å². The quantitative estimate of drug-likeness (QED) is 0.750. The molecule has 5 nitrogen and oxygen atoms in total. The maximum atomic E-state index is 12.0. The van der Waals surface area contributed by atoms with Gasteiger partial charge in [0.2, 0.25) is 0 Å². The molecule has 0 aromatic heterocycles. The lowest BCUT2D eigenvalue weighted by atomic mass is 9.85. The second-order valence-electron chi connectivity index (χ2n) is 5.39. The maximum absolute atomic E-state index is 12.0. The highest BCUT2D eigenvalue weighted by atomic mass is 79.9. The molecule has 114 valence electrons. The molecule has 1 saturated carbocycles. The van der Waals surface area contributed by atoms with Crippen LogP contribution in [0.2, 0.25) is 5.02 Å². The van der Waals surface area contributed by atoms with Gasteiger partial charge in [-0.15, -0.1) is 0 Å². The number of carboxylic acids is 1. The van der Waals surface area contributed by atoms with E-state index in [0.29, 0.717) is 23.6 Å². The Labute approximate surface area is 136 Å². The van der Waals surface area contributed by atoms with Crippen LogP contribution in [0.4, 0.5) is 10.5 Å². The van der Waals surface area contributed by atoms with Crippen LogP contribution in [-0.4, -0.2) is 23.1 Å². The average molecular weight is 376 g/mol. The van der Waals surface area contributed by atoms with E-state index in [1.165, 1.54) is 0 Å². The lowest BCUT2D eigenvalue weighted by molar-refractivity contribution is -0.148. The monoisotopic (exact) mass is 374 g/mol. The zero-order valence-electron chi connectivity index (χ0n) is 11.5. The van der Waals surface area contributed by atoms with E-state index in [2.05, 4.69) is 26.6 Å². The maximum Gasteiger partial charge on any atom is 0.319 e. The first-order valence-electron chi connectivity index (χ1n) is 6.59. The summed E-state index contributed by atoms with van der Waals surface area (Å²) >= 11 is 9.32. The molecule has 1 aliphatic rings. The molecule has 2 atom stereocenters. The van der Waals surface area contributed by atoms with Gasteiger partial charge < -0.3 is 15.7 Å². The smallest absolute Gasteiger partial charge is 0.319 e. The number of halogens is 2. The van der Waals surface area contributed by atoms with Crippen molar-refractivity contribution in [2.45, 2.75) is 32.2 Å². The number of carbonyl (C=O) groups is 2. The van der Waals surface area contributed by atoms with Gasteiger partial charge in [-0.05, 0) is 38.0 Å². The van der Waals surface area contributed by atoms with Gasteiger partial charge in [0.05, 0.1) is 16.1 Å².